The third-order valence-corrected chi connectivity index (χ3v) is 4.14. The number of benzene rings is 1. The molecule has 0 spiro atoms. The van der Waals surface area contributed by atoms with Crippen LogP contribution in [-0.2, 0) is 11.3 Å². The Bertz CT molecular complexity index is 509. The van der Waals surface area contributed by atoms with E-state index in [1.165, 1.54) is 0 Å². The summed E-state index contributed by atoms with van der Waals surface area (Å²) in [5, 5.41) is 10.1. The Morgan fingerprint density at radius 3 is 2.55 bits per heavy atom. The highest BCUT2D eigenvalue weighted by molar-refractivity contribution is 6.42. The maximum Gasteiger partial charge on any atom is 0.226 e. The molecule has 0 unspecified atom stereocenters. The number of allylic oxidation sites excluding steroid dienone is 2. The normalized spacial score (nSPS) is 14.8. The van der Waals surface area contributed by atoms with Gasteiger partial charge in [0.05, 0.1) is 16.7 Å². The SMILES string of the molecule is O=C(C1CC=CC1)N(CCO)Cc1ccc(Cl)c(Cl)c1. The fraction of sp³-hybridized carbons (Fsp3) is 0.400. The molecule has 3 nitrogen and oxygen atoms in total. The molecule has 0 atom stereocenters. The smallest absolute Gasteiger partial charge is 0.226 e. The average molecular weight is 314 g/mol. The maximum absolute atomic E-state index is 12.4. The number of amides is 1. The molecule has 0 heterocycles. The van der Waals surface area contributed by atoms with Crippen LogP contribution in [0.15, 0.2) is 30.4 Å². The van der Waals surface area contributed by atoms with Crippen molar-refractivity contribution in [2.45, 2.75) is 19.4 Å². The summed E-state index contributed by atoms with van der Waals surface area (Å²) in [6.45, 7) is 0.718. The molecule has 0 aliphatic heterocycles. The fourth-order valence-electron chi connectivity index (χ4n) is 2.32. The molecule has 20 heavy (non-hydrogen) atoms. The molecular weight excluding hydrogens is 297 g/mol. The van der Waals surface area contributed by atoms with Crippen LogP contribution in [0.25, 0.3) is 0 Å². The zero-order valence-corrected chi connectivity index (χ0v) is 12.6. The number of aliphatic hydroxyl groups is 1. The third kappa shape index (κ3) is 3.75. The largest absolute Gasteiger partial charge is 0.395 e. The van der Waals surface area contributed by atoms with Gasteiger partial charge in [-0.05, 0) is 30.5 Å². The van der Waals surface area contributed by atoms with Crippen molar-refractivity contribution >= 4 is 29.1 Å². The first kappa shape index (κ1) is 15.4. The van der Waals surface area contributed by atoms with Gasteiger partial charge in [-0.3, -0.25) is 4.79 Å². The highest BCUT2D eigenvalue weighted by Crippen LogP contribution is 2.25. The van der Waals surface area contributed by atoms with Gasteiger partial charge in [0, 0.05) is 19.0 Å². The van der Waals surface area contributed by atoms with Crippen molar-refractivity contribution in [3.05, 3.63) is 46.0 Å². The fourth-order valence-corrected chi connectivity index (χ4v) is 2.64. The Morgan fingerprint density at radius 2 is 1.95 bits per heavy atom. The molecule has 0 aromatic heterocycles. The summed E-state index contributed by atoms with van der Waals surface area (Å²) in [4.78, 5) is 14.1. The number of hydrogen-bond acceptors (Lipinski definition) is 2. The first-order valence-electron chi connectivity index (χ1n) is 6.60. The standard InChI is InChI=1S/C15H17Cl2NO2/c16-13-6-5-11(9-14(13)17)10-18(7-8-19)15(20)12-3-1-2-4-12/h1-2,5-6,9,12,19H,3-4,7-8,10H2. The summed E-state index contributed by atoms with van der Waals surface area (Å²) in [6, 6.07) is 5.32. The summed E-state index contributed by atoms with van der Waals surface area (Å²) < 4.78 is 0. The van der Waals surface area contributed by atoms with Gasteiger partial charge in [0.25, 0.3) is 0 Å². The van der Waals surface area contributed by atoms with Crippen LogP contribution in [0.5, 0.6) is 0 Å². The molecule has 1 aliphatic carbocycles. The molecule has 2 rings (SSSR count). The molecule has 1 aliphatic rings. The van der Waals surface area contributed by atoms with Crippen LogP contribution in [0.4, 0.5) is 0 Å². The van der Waals surface area contributed by atoms with E-state index >= 15 is 0 Å². The number of nitrogens with zero attached hydrogens (tertiary/aromatic N) is 1. The first-order chi connectivity index (χ1) is 9.61. The van der Waals surface area contributed by atoms with Crippen molar-refractivity contribution in [1.29, 1.82) is 0 Å². The van der Waals surface area contributed by atoms with Crippen LogP contribution in [0.1, 0.15) is 18.4 Å². The van der Waals surface area contributed by atoms with Crippen LogP contribution in [0.2, 0.25) is 10.0 Å². The summed E-state index contributed by atoms with van der Waals surface area (Å²) in [7, 11) is 0. The number of rotatable bonds is 5. The Balaban J connectivity index is 2.07. The van der Waals surface area contributed by atoms with Crippen molar-refractivity contribution < 1.29 is 9.90 Å². The minimum Gasteiger partial charge on any atom is -0.395 e. The Kier molecular flexibility index (Phi) is 5.46. The minimum absolute atomic E-state index is 0.00400. The number of carbonyl (C=O) groups is 1. The lowest BCUT2D eigenvalue weighted by Gasteiger charge is -2.25. The van der Waals surface area contributed by atoms with E-state index in [0.717, 1.165) is 18.4 Å². The van der Waals surface area contributed by atoms with Gasteiger partial charge in [-0.1, -0.05) is 41.4 Å². The van der Waals surface area contributed by atoms with Crippen LogP contribution in [0.3, 0.4) is 0 Å². The van der Waals surface area contributed by atoms with Crippen LogP contribution >= 0.6 is 23.2 Å². The van der Waals surface area contributed by atoms with E-state index < -0.39 is 0 Å². The van der Waals surface area contributed by atoms with Crippen molar-refractivity contribution in [2.24, 2.45) is 5.92 Å². The van der Waals surface area contributed by atoms with Gasteiger partial charge in [-0.15, -0.1) is 0 Å². The Morgan fingerprint density at radius 1 is 1.25 bits per heavy atom. The molecule has 0 saturated carbocycles. The highest BCUT2D eigenvalue weighted by Gasteiger charge is 2.24. The lowest BCUT2D eigenvalue weighted by Crippen LogP contribution is -2.37. The molecule has 0 radical (unpaired) electrons. The van der Waals surface area contributed by atoms with E-state index in [4.69, 9.17) is 28.3 Å². The summed E-state index contributed by atoms with van der Waals surface area (Å²) in [5.74, 6) is 0.0828. The second-order valence-electron chi connectivity index (χ2n) is 4.87. The summed E-state index contributed by atoms with van der Waals surface area (Å²) in [6.07, 6.45) is 5.61. The van der Waals surface area contributed by atoms with E-state index in [0.29, 0.717) is 23.1 Å². The monoisotopic (exact) mass is 313 g/mol. The van der Waals surface area contributed by atoms with Crippen LogP contribution < -0.4 is 0 Å². The number of hydrogen-bond donors (Lipinski definition) is 1. The van der Waals surface area contributed by atoms with E-state index in [9.17, 15) is 4.79 Å². The van der Waals surface area contributed by atoms with E-state index in [1.807, 2.05) is 18.2 Å². The zero-order valence-electron chi connectivity index (χ0n) is 11.1. The second kappa shape index (κ2) is 7.11. The molecule has 5 heteroatoms. The molecule has 1 aromatic carbocycles. The maximum atomic E-state index is 12.4. The predicted molar refractivity (Wildman–Crippen MR) is 80.8 cm³/mol. The topological polar surface area (TPSA) is 40.5 Å². The van der Waals surface area contributed by atoms with E-state index in [2.05, 4.69) is 0 Å². The van der Waals surface area contributed by atoms with Crippen LogP contribution in [0, 0.1) is 5.92 Å². The van der Waals surface area contributed by atoms with Crippen molar-refractivity contribution in [3.63, 3.8) is 0 Å². The third-order valence-electron chi connectivity index (χ3n) is 3.40. The second-order valence-corrected chi connectivity index (χ2v) is 5.69. The Labute approximate surface area is 128 Å². The lowest BCUT2D eigenvalue weighted by atomic mass is 10.1. The number of halogens is 2. The molecule has 108 valence electrons. The predicted octanol–water partition coefficient (Wildman–Crippen LogP) is 3.28. The van der Waals surface area contributed by atoms with E-state index in [1.54, 1.807) is 17.0 Å². The summed E-state index contributed by atoms with van der Waals surface area (Å²) in [5.41, 5.74) is 0.909. The van der Waals surface area contributed by atoms with Gasteiger partial charge in [0.1, 0.15) is 0 Å². The van der Waals surface area contributed by atoms with Crippen LogP contribution in [-0.4, -0.2) is 29.1 Å². The molecule has 0 fully saturated rings. The quantitative estimate of drug-likeness (QED) is 0.847. The summed E-state index contributed by atoms with van der Waals surface area (Å²) >= 11 is 11.9. The minimum atomic E-state index is -0.0484. The number of aliphatic hydroxyl groups excluding tert-OH is 1. The molecule has 1 amide bonds. The van der Waals surface area contributed by atoms with Crippen molar-refractivity contribution in [2.75, 3.05) is 13.2 Å². The van der Waals surface area contributed by atoms with Gasteiger partial charge in [0.2, 0.25) is 5.91 Å². The Hall–Kier alpha value is -1.03. The van der Waals surface area contributed by atoms with Crippen molar-refractivity contribution in [3.8, 4) is 0 Å². The average Bonchev–Trinajstić information content (AvgIpc) is 2.95. The van der Waals surface area contributed by atoms with Gasteiger partial charge in [-0.2, -0.15) is 0 Å². The van der Waals surface area contributed by atoms with Gasteiger partial charge in [0.15, 0.2) is 0 Å². The molecule has 1 N–H and O–H groups in total. The molecular formula is C15H17Cl2NO2. The van der Waals surface area contributed by atoms with Gasteiger partial charge < -0.3 is 10.0 Å². The van der Waals surface area contributed by atoms with Gasteiger partial charge >= 0.3 is 0 Å². The molecule has 0 bridgehead atoms. The highest BCUT2D eigenvalue weighted by atomic mass is 35.5. The molecule has 1 aromatic rings. The van der Waals surface area contributed by atoms with E-state index in [-0.39, 0.29) is 18.4 Å². The lowest BCUT2D eigenvalue weighted by molar-refractivity contribution is -0.136. The molecule has 0 saturated heterocycles. The van der Waals surface area contributed by atoms with Gasteiger partial charge in [-0.25, -0.2) is 0 Å². The zero-order chi connectivity index (χ0) is 14.5. The first-order valence-corrected chi connectivity index (χ1v) is 7.36. The van der Waals surface area contributed by atoms with Crippen molar-refractivity contribution in [1.82, 2.24) is 4.90 Å². The number of carbonyl (C=O) groups excluding carboxylic acids is 1.